The smallest absolute Gasteiger partial charge is 0.266 e. The fraction of sp³-hybridized carbons (Fsp3) is 0.235. The Bertz CT molecular complexity index is 739. The molecule has 2 aromatic rings. The Hall–Kier alpha value is -2.33. The number of para-hydroxylation sites is 1. The maximum Gasteiger partial charge on any atom is 0.266 e. The first-order chi connectivity index (χ1) is 10.00. The molecule has 0 saturated carbocycles. The molecule has 108 valence electrons. The van der Waals surface area contributed by atoms with Gasteiger partial charge in [0, 0.05) is 16.8 Å². The highest BCUT2D eigenvalue weighted by Crippen LogP contribution is 2.45. The zero-order chi connectivity index (χ0) is 15.2. The molecule has 1 amide bonds. The fourth-order valence-corrected chi connectivity index (χ4v) is 2.85. The largest absolute Gasteiger partial charge is 0.496 e. The number of carbonyl (C=O) groups is 1. The lowest BCUT2D eigenvalue weighted by Crippen LogP contribution is -2.36. The molecule has 1 atom stereocenters. The van der Waals surface area contributed by atoms with Crippen LogP contribution in [0.25, 0.3) is 0 Å². The quantitative estimate of drug-likeness (QED) is 0.890. The summed E-state index contributed by atoms with van der Waals surface area (Å²) in [6.07, 6.45) is 0. The van der Waals surface area contributed by atoms with Gasteiger partial charge in [0.2, 0.25) is 0 Å². The van der Waals surface area contributed by atoms with Crippen LogP contribution in [0.1, 0.15) is 22.3 Å². The number of nitrogens with one attached hydrogen (secondary N) is 1. The van der Waals surface area contributed by atoms with Gasteiger partial charge in [-0.15, -0.1) is 0 Å². The van der Waals surface area contributed by atoms with E-state index in [-0.39, 0.29) is 0 Å². The third kappa shape index (κ3) is 1.76. The molecule has 1 aliphatic rings. The summed E-state index contributed by atoms with van der Waals surface area (Å²) < 4.78 is 5.46. The van der Waals surface area contributed by atoms with E-state index in [0.29, 0.717) is 22.6 Å². The minimum atomic E-state index is -1.72. The van der Waals surface area contributed by atoms with Gasteiger partial charge in [0.15, 0.2) is 5.60 Å². The van der Waals surface area contributed by atoms with Crippen LogP contribution in [-0.2, 0) is 10.4 Å². The summed E-state index contributed by atoms with van der Waals surface area (Å²) in [5, 5.41) is 13.8. The molecule has 1 heterocycles. The third-order valence-corrected chi connectivity index (χ3v) is 4.16. The molecular formula is C17H17NO3. The topological polar surface area (TPSA) is 58.6 Å². The van der Waals surface area contributed by atoms with Crippen LogP contribution in [-0.4, -0.2) is 18.1 Å². The molecular weight excluding hydrogens is 266 g/mol. The number of hydrogen-bond donors (Lipinski definition) is 2. The lowest BCUT2D eigenvalue weighted by atomic mass is 9.85. The van der Waals surface area contributed by atoms with Crippen molar-refractivity contribution in [3.8, 4) is 5.75 Å². The van der Waals surface area contributed by atoms with E-state index in [0.717, 1.165) is 11.1 Å². The van der Waals surface area contributed by atoms with E-state index >= 15 is 0 Å². The van der Waals surface area contributed by atoms with Crippen molar-refractivity contribution in [1.82, 2.24) is 0 Å². The first-order valence-electron chi connectivity index (χ1n) is 6.78. The monoisotopic (exact) mass is 283 g/mol. The van der Waals surface area contributed by atoms with E-state index in [4.69, 9.17) is 4.74 Å². The average molecular weight is 283 g/mol. The molecule has 4 nitrogen and oxygen atoms in total. The number of carbonyl (C=O) groups excluding carboxylic acids is 1. The number of fused-ring (bicyclic) bond motifs is 1. The fourth-order valence-electron chi connectivity index (χ4n) is 2.85. The molecule has 2 aromatic carbocycles. The Morgan fingerprint density at radius 2 is 1.81 bits per heavy atom. The summed E-state index contributed by atoms with van der Waals surface area (Å²) in [5.41, 5.74) is 1.89. The van der Waals surface area contributed by atoms with Gasteiger partial charge in [0.05, 0.1) is 7.11 Å². The van der Waals surface area contributed by atoms with Crippen LogP contribution in [0.15, 0.2) is 36.4 Å². The van der Waals surface area contributed by atoms with Gasteiger partial charge in [-0.3, -0.25) is 4.79 Å². The highest BCUT2D eigenvalue weighted by molar-refractivity contribution is 6.07. The molecule has 0 bridgehead atoms. The van der Waals surface area contributed by atoms with Gasteiger partial charge in [-0.25, -0.2) is 0 Å². The van der Waals surface area contributed by atoms with Crippen molar-refractivity contribution in [2.24, 2.45) is 0 Å². The van der Waals surface area contributed by atoms with E-state index in [1.54, 1.807) is 31.4 Å². The minimum Gasteiger partial charge on any atom is -0.496 e. The van der Waals surface area contributed by atoms with Crippen LogP contribution in [0.3, 0.4) is 0 Å². The van der Waals surface area contributed by atoms with Gasteiger partial charge in [-0.2, -0.15) is 0 Å². The van der Waals surface area contributed by atoms with Crippen molar-refractivity contribution in [3.63, 3.8) is 0 Å². The number of amides is 1. The highest BCUT2D eigenvalue weighted by atomic mass is 16.5. The Morgan fingerprint density at radius 1 is 1.10 bits per heavy atom. The Kier molecular flexibility index (Phi) is 2.99. The molecule has 0 aromatic heterocycles. The van der Waals surface area contributed by atoms with Gasteiger partial charge >= 0.3 is 0 Å². The van der Waals surface area contributed by atoms with Crippen LogP contribution in [0.2, 0.25) is 0 Å². The molecule has 0 spiro atoms. The van der Waals surface area contributed by atoms with E-state index in [1.807, 2.05) is 26.0 Å². The predicted molar refractivity (Wildman–Crippen MR) is 80.5 cm³/mol. The van der Waals surface area contributed by atoms with Crippen molar-refractivity contribution in [2.45, 2.75) is 19.4 Å². The number of benzene rings is 2. The number of aryl methyl sites for hydroxylation is 1. The normalized spacial score (nSPS) is 20.1. The molecule has 0 radical (unpaired) electrons. The Morgan fingerprint density at radius 3 is 2.52 bits per heavy atom. The zero-order valence-electron chi connectivity index (χ0n) is 12.2. The zero-order valence-corrected chi connectivity index (χ0v) is 12.2. The van der Waals surface area contributed by atoms with Crippen LogP contribution in [0.5, 0.6) is 5.75 Å². The van der Waals surface area contributed by atoms with E-state index in [9.17, 15) is 9.90 Å². The second-order valence-corrected chi connectivity index (χ2v) is 5.30. The van der Waals surface area contributed by atoms with Crippen LogP contribution < -0.4 is 10.1 Å². The molecule has 21 heavy (non-hydrogen) atoms. The van der Waals surface area contributed by atoms with Crippen LogP contribution >= 0.6 is 0 Å². The average Bonchev–Trinajstić information content (AvgIpc) is 2.74. The summed E-state index contributed by atoms with van der Waals surface area (Å²) in [6.45, 7) is 3.88. The first-order valence-corrected chi connectivity index (χ1v) is 6.78. The standard InChI is InChI=1S/C17H17NO3/c1-10-8-9-13(15(21-3)11(10)2)17(20)12-6-4-5-7-14(12)18-16(17)19/h4-9,20H,1-3H3,(H,18,19). The van der Waals surface area contributed by atoms with Crippen molar-refractivity contribution < 1.29 is 14.6 Å². The second-order valence-electron chi connectivity index (χ2n) is 5.30. The van der Waals surface area contributed by atoms with Crippen LogP contribution in [0.4, 0.5) is 5.69 Å². The molecule has 2 N–H and O–H groups in total. The summed E-state index contributed by atoms with van der Waals surface area (Å²) in [6, 6.07) is 10.8. The second kappa shape index (κ2) is 4.60. The molecule has 3 rings (SSSR count). The van der Waals surface area contributed by atoms with Crippen LogP contribution in [0, 0.1) is 13.8 Å². The predicted octanol–water partition coefficient (Wildman–Crippen LogP) is 2.50. The summed E-state index contributed by atoms with van der Waals surface area (Å²) in [4.78, 5) is 12.4. The molecule has 4 heteroatoms. The number of aliphatic hydroxyl groups is 1. The molecule has 1 aliphatic heterocycles. The number of ether oxygens (including phenoxy) is 1. The summed E-state index contributed by atoms with van der Waals surface area (Å²) in [7, 11) is 1.55. The lowest BCUT2D eigenvalue weighted by Gasteiger charge is -2.25. The van der Waals surface area contributed by atoms with Crippen molar-refractivity contribution >= 4 is 11.6 Å². The maximum atomic E-state index is 12.4. The molecule has 1 unspecified atom stereocenters. The minimum absolute atomic E-state index is 0.453. The van der Waals surface area contributed by atoms with Gasteiger partial charge in [-0.05, 0) is 31.0 Å². The lowest BCUT2D eigenvalue weighted by molar-refractivity contribution is -0.129. The molecule has 0 fully saturated rings. The van der Waals surface area contributed by atoms with E-state index < -0.39 is 11.5 Å². The molecule has 0 saturated heterocycles. The summed E-state index contributed by atoms with van der Waals surface area (Å²) in [5.74, 6) is 0.0922. The van der Waals surface area contributed by atoms with Gasteiger partial charge in [0.1, 0.15) is 5.75 Å². The first kappa shape index (κ1) is 13.6. The Labute approximate surface area is 123 Å². The number of anilines is 1. The van der Waals surface area contributed by atoms with Crippen molar-refractivity contribution in [2.75, 3.05) is 12.4 Å². The van der Waals surface area contributed by atoms with Gasteiger partial charge in [-0.1, -0.05) is 30.3 Å². The van der Waals surface area contributed by atoms with Crippen molar-refractivity contribution in [1.29, 1.82) is 0 Å². The SMILES string of the molecule is COc1c(C2(O)C(=O)Nc3ccccc32)ccc(C)c1C. The molecule has 0 aliphatic carbocycles. The maximum absolute atomic E-state index is 12.4. The van der Waals surface area contributed by atoms with Gasteiger partial charge in [0.25, 0.3) is 5.91 Å². The van der Waals surface area contributed by atoms with Crippen molar-refractivity contribution in [3.05, 3.63) is 58.7 Å². The Balaban J connectivity index is 2.30. The van der Waals surface area contributed by atoms with E-state index in [2.05, 4.69) is 5.32 Å². The number of rotatable bonds is 2. The van der Waals surface area contributed by atoms with Gasteiger partial charge < -0.3 is 15.2 Å². The third-order valence-electron chi connectivity index (χ3n) is 4.16. The van der Waals surface area contributed by atoms with E-state index in [1.165, 1.54) is 0 Å². The summed E-state index contributed by atoms with van der Waals surface area (Å²) >= 11 is 0. The highest BCUT2D eigenvalue weighted by Gasteiger charge is 2.48. The number of hydrogen-bond acceptors (Lipinski definition) is 3. The number of methoxy groups -OCH3 is 1.